The fourth-order valence-corrected chi connectivity index (χ4v) is 4.92. The summed E-state index contributed by atoms with van der Waals surface area (Å²) in [4.78, 5) is 6.93. The minimum atomic E-state index is 0.00548. The van der Waals surface area contributed by atoms with E-state index in [1.54, 1.807) is 7.11 Å². The molecule has 1 aromatic carbocycles. The Bertz CT molecular complexity index is 1040. The van der Waals surface area contributed by atoms with Crippen molar-refractivity contribution in [3.8, 4) is 11.4 Å². The van der Waals surface area contributed by atoms with Crippen molar-refractivity contribution in [2.24, 2.45) is 0 Å². The molecule has 0 amide bonds. The highest BCUT2D eigenvalue weighted by Gasteiger charge is 2.42. The minimum Gasteiger partial charge on any atom is -0.497 e. The predicted octanol–water partition coefficient (Wildman–Crippen LogP) is 4.88. The number of methoxy groups -OCH3 is 1. The number of aromatic nitrogens is 2. The second kappa shape index (κ2) is 8.11. The summed E-state index contributed by atoms with van der Waals surface area (Å²) >= 11 is 5.74. The van der Waals surface area contributed by atoms with Gasteiger partial charge in [0.05, 0.1) is 24.9 Å². The van der Waals surface area contributed by atoms with Gasteiger partial charge in [-0.15, -0.1) is 0 Å². The lowest BCUT2D eigenvalue weighted by Gasteiger charge is -2.31. The topological polar surface area (TPSA) is 42.3 Å². The summed E-state index contributed by atoms with van der Waals surface area (Å²) in [6.07, 6.45) is 1.84. The van der Waals surface area contributed by atoms with Crippen LogP contribution in [0.15, 0.2) is 54.7 Å². The maximum atomic E-state index is 5.74. The SMILES string of the molecule is COc1ccc(-n2c(C)cc(C3C(c4ccccn4)NC(=S)N3C(C)C)c2C)cc1. The number of aryl methyl sites for hydroxylation is 1. The van der Waals surface area contributed by atoms with E-state index in [2.05, 4.69) is 71.7 Å². The molecule has 1 fully saturated rings. The van der Waals surface area contributed by atoms with E-state index in [0.717, 1.165) is 22.2 Å². The minimum absolute atomic E-state index is 0.00548. The molecule has 1 aliphatic heterocycles. The van der Waals surface area contributed by atoms with Crippen molar-refractivity contribution < 1.29 is 4.74 Å². The van der Waals surface area contributed by atoms with E-state index in [1.165, 1.54) is 17.0 Å². The molecule has 5 nitrogen and oxygen atoms in total. The summed E-state index contributed by atoms with van der Waals surface area (Å²) in [5.41, 5.74) is 5.79. The van der Waals surface area contributed by atoms with Crippen LogP contribution in [0.3, 0.4) is 0 Å². The first-order valence-electron chi connectivity index (χ1n) is 10.3. The Balaban J connectivity index is 1.82. The van der Waals surface area contributed by atoms with E-state index in [4.69, 9.17) is 17.0 Å². The van der Waals surface area contributed by atoms with E-state index in [1.807, 2.05) is 30.5 Å². The Morgan fingerprint density at radius 3 is 2.43 bits per heavy atom. The predicted molar refractivity (Wildman–Crippen MR) is 124 cm³/mol. The average Bonchev–Trinajstić information content (AvgIpc) is 3.24. The van der Waals surface area contributed by atoms with Crippen LogP contribution in [-0.4, -0.2) is 32.7 Å². The van der Waals surface area contributed by atoms with Crippen molar-refractivity contribution >= 4 is 17.3 Å². The largest absolute Gasteiger partial charge is 0.497 e. The zero-order valence-corrected chi connectivity index (χ0v) is 18.9. The van der Waals surface area contributed by atoms with Crippen molar-refractivity contribution in [3.63, 3.8) is 0 Å². The van der Waals surface area contributed by atoms with Gasteiger partial charge in [-0.25, -0.2) is 0 Å². The number of nitrogens with zero attached hydrogens (tertiary/aromatic N) is 3. The monoisotopic (exact) mass is 420 g/mol. The molecule has 6 heteroatoms. The van der Waals surface area contributed by atoms with Crippen LogP contribution in [0.5, 0.6) is 5.75 Å². The highest BCUT2D eigenvalue weighted by molar-refractivity contribution is 7.80. The molecular weight excluding hydrogens is 392 g/mol. The molecule has 30 heavy (non-hydrogen) atoms. The van der Waals surface area contributed by atoms with Crippen molar-refractivity contribution in [1.82, 2.24) is 19.8 Å². The third-order valence-electron chi connectivity index (χ3n) is 5.81. The summed E-state index contributed by atoms with van der Waals surface area (Å²) in [7, 11) is 1.69. The highest BCUT2D eigenvalue weighted by Crippen LogP contribution is 2.42. The number of nitrogens with one attached hydrogen (secondary N) is 1. The van der Waals surface area contributed by atoms with Crippen LogP contribution in [0, 0.1) is 13.8 Å². The van der Waals surface area contributed by atoms with E-state index >= 15 is 0 Å². The number of hydrogen-bond acceptors (Lipinski definition) is 3. The Morgan fingerprint density at radius 1 is 1.10 bits per heavy atom. The maximum absolute atomic E-state index is 5.74. The molecule has 1 aliphatic rings. The van der Waals surface area contributed by atoms with E-state index < -0.39 is 0 Å². The van der Waals surface area contributed by atoms with Gasteiger partial charge in [-0.05, 0) is 87.9 Å². The number of pyridine rings is 1. The van der Waals surface area contributed by atoms with Crippen LogP contribution in [0.4, 0.5) is 0 Å². The zero-order chi connectivity index (χ0) is 21.4. The Hall–Kier alpha value is -2.86. The third-order valence-corrected chi connectivity index (χ3v) is 6.14. The van der Waals surface area contributed by atoms with Gasteiger partial charge in [0.1, 0.15) is 5.75 Å². The molecule has 2 atom stereocenters. The highest BCUT2D eigenvalue weighted by atomic mass is 32.1. The Kier molecular flexibility index (Phi) is 5.52. The quantitative estimate of drug-likeness (QED) is 0.596. The Morgan fingerprint density at radius 2 is 1.83 bits per heavy atom. The van der Waals surface area contributed by atoms with Gasteiger partial charge in [-0.2, -0.15) is 0 Å². The van der Waals surface area contributed by atoms with Gasteiger partial charge in [0, 0.05) is 29.3 Å². The molecule has 0 radical (unpaired) electrons. The number of thiocarbonyl (C=S) groups is 1. The third kappa shape index (κ3) is 3.45. The molecule has 0 saturated carbocycles. The second-order valence-corrected chi connectivity index (χ2v) is 8.37. The molecule has 1 saturated heterocycles. The van der Waals surface area contributed by atoms with Crippen molar-refractivity contribution in [2.45, 2.75) is 45.8 Å². The lowest BCUT2D eigenvalue weighted by atomic mass is 9.96. The van der Waals surface area contributed by atoms with Crippen LogP contribution < -0.4 is 10.1 Å². The zero-order valence-electron chi connectivity index (χ0n) is 18.1. The average molecular weight is 421 g/mol. The maximum Gasteiger partial charge on any atom is 0.170 e. The number of benzene rings is 1. The van der Waals surface area contributed by atoms with Crippen molar-refractivity contribution in [3.05, 3.63) is 77.4 Å². The summed E-state index contributed by atoms with van der Waals surface area (Å²) in [5.74, 6) is 0.855. The van der Waals surface area contributed by atoms with E-state index in [9.17, 15) is 0 Å². The Labute approximate surface area is 183 Å². The molecule has 4 rings (SSSR count). The fourth-order valence-electron chi connectivity index (χ4n) is 4.47. The summed E-state index contributed by atoms with van der Waals surface area (Å²) < 4.78 is 7.62. The van der Waals surface area contributed by atoms with Gasteiger partial charge in [0.2, 0.25) is 0 Å². The van der Waals surface area contributed by atoms with Crippen LogP contribution in [0.1, 0.15) is 48.6 Å². The lowest BCUT2D eigenvalue weighted by molar-refractivity contribution is 0.269. The number of rotatable bonds is 5. The van der Waals surface area contributed by atoms with Gasteiger partial charge in [-0.3, -0.25) is 4.98 Å². The van der Waals surface area contributed by atoms with Crippen LogP contribution >= 0.6 is 12.2 Å². The van der Waals surface area contributed by atoms with E-state index in [-0.39, 0.29) is 18.1 Å². The van der Waals surface area contributed by atoms with Crippen molar-refractivity contribution in [2.75, 3.05) is 7.11 Å². The van der Waals surface area contributed by atoms with E-state index in [0.29, 0.717) is 0 Å². The van der Waals surface area contributed by atoms with Crippen molar-refractivity contribution in [1.29, 1.82) is 0 Å². The standard InChI is InChI=1S/C24H28N4OS/c1-15(2)27-23(22(26-24(27)30)21-8-6-7-13-25-21)20-14-16(3)28(17(20)4)18-9-11-19(29-5)12-10-18/h6-15,22-23H,1-5H3,(H,26,30). The normalized spacial score (nSPS) is 18.7. The molecule has 3 aromatic rings. The summed E-state index contributed by atoms with van der Waals surface area (Å²) in [6.45, 7) is 8.70. The smallest absolute Gasteiger partial charge is 0.170 e. The number of hydrogen-bond donors (Lipinski definition) is 1. The van der Waals surface area contributed by atoms with Gasteiger partial charge >= 0.3 is 0 Å². The molecular formula is C24H28N4OS. The van der Waals surface area contributed by atoms with Gasteiger partial charge in [0.15, 0.2) is 5.11 Å². The molecule has 1 N–H and O–H groups in total. The van der Waals surface area contributed by atoms with Crippen LogP contribution in [0.25, 0.3) is 5.69 Å². The first-order valence-corrected chi connectivity index (χ1v) is 10.7. The van der Waals surface area contributed by atoms with Gasteiger partial charge in [0.25, 0.3) is 0 Å². The van der Waals surface area contributed by atoms with Gasteiger partial charge in [-0.1, -0.05) is 6.07 Å². The molecule has 3 heterocycles. The molecule has 2 aromatic heterocycles. The number of ether oxygens (including phenoxy) is 1. The summed E-state index contributed by atoms with van der Waals surface area (Å²) in [6, 6.07) is 16.9. The first kappa shape index (κ1) is 20.4. The molecule has 0 aliphatic carbocycles. The lowest BCUT2D eigenvalue weighted by Crippen LogP contribution is -2.35. The molecule has 0 bridgehead atoms. The molecule has 2 unspecified atom stereocenters. The first-order chi connectivity index (χ1) is 14.4. The van der Waals surface area contributed by atoms with Crippen LogP contribution in [0.2, 0.25) is 0 Å². The second-order valence-electron chi connectivity index (χ2n) is 7.99. The molecule has 156 valence electrons. The fraction of sp³-hybridized carbons (Fsp3) is 0.333. The van der Waals surface area contributed by atoms with Gasteiger partial charge < -0.3 is 19.5 Å². The summed E-state index contributed by atoms with van der Waals surface area (Å²) in [5, 5.41) is 4.31. The molecule has 0 spiro atoms. The van der Waals surface area contributed by atoms with Crippen LogP contribution in [-0.2, 0) is 0 Å².